The normalized spacial score (nSPS) is 11.8. The topological polar surface area (TPSA) is 47.6 Å². The zero-order chi connectivity index (χ0) is 17.9. The van der Waals surface area contributed by atoms with Gasteiger partial charge in [-0.2, -0.15) is 0 Å². The van der Waals surface area contributed by atoms with Gasteiger partial charge in [-0.3, -0.25) is 4.79 Å². The molecule has 24 heavy (non-hydrogen) atoms. The van der Waals surface area contributed by atoms with Crippen LogP contribution in [0.25, 0.3) is 0 Å². The Labute approximate surface area is 145 Å². The van der Waals surface area contributed by atoms with Crippen LogP contribution in [0, 0.1) is 12.7 Å². The first-order valence-electron chi connectivity index (χ1n) is 7.35. The molecule has 1 atom stereocenters. The summed E-state index contributed by atoms with van der Waals surface area (Å²) in [6.45, 7) is 3.72. The van der Waals surface area contributed by atoms with Gasteiger partial charge >= 0.3 is 0 Å². The summed E-state index contributed by atoms with van der Waals surface area (Å²) in [5, 5.41) is 3.03. The van der Waals surface area contributed by atoms with Gasteiger partial charge in [0, 0.05) is 5.02 Å². The Hall–Kier alpha value is -2.27. The zero-order valence-electron chi connectivity index (χ0n) is 13.9. The summed E-state index contributed by atoms with van der Waals surface area (Å²) in [7, 11) is 3.11. The van der Waals surface area contributed by atoms with Crippen molar-refractivity contribution in [2.45, 2.75) is 19.9 Å². The number of nitrogens with one attached hydrogen (secondary N) is 1. The van der Waals surface area contributed by atoms with E-state index in [1.165, 1.54) is 12.1 Å². The molecule has 0 aliphatic heterocycles. The first-order valence-corrected chi connectivity index (χ1v) is 7.73. The molecule has 0 aliphatic carbocycles. The van der Waals surface area contributed by atoms with Crippen LogP contribution in [-0.4, -0.2) is 20.1 Å². The SMILES string of the molecule is COc1cc(C)c([C@H](C)NC(=O)c2ccc(Cl)cc2F)cc1OC. The average molecular weight is 352 g/mol. The number of carbonyl (C=O) groups is 1. The molecule has 2 rings (SSSR count). The Morgan fingerprint density at radius 1 is 1.17 bits per heavy atom. The maximum absolute atomic E-state index is 13.9. The third-order valence-corrected chi connectivity index (χ3v) is 4.00. The fourth-order valence-corrected chi connectivity index (χ4v) is 2.65. The van der Waals surface area contributed by atoms with Gasteiger partial charge in [0.15, 0.2) is 11.5 Å². The Kier molecular flexibility index (Phi) is 5.67. The number of methoxy groups -OCH3 is 2. The summed E-state index contributed by atoms with van der Waals surface area (Å²) in [6, 6.07) is 7.25. The number of ether oxygens (including phenoxy) is 2. The van der Waals surface area contributed by atoms with Crippen molar-refractivity contribution in [1.82, 2.24) is 5.32 Å². The molecule has 0 saturated carbocycles. The van der Waals surface area contributed by atoms with Gasteiger partial charge in [0.1, 0.15) is 5.82 Å². The van der Waals surface area contributed by atoms with Gasteiger partial charge < -0.3 is 14.8 Å². The van der Waals surface area contributed by atoms with E-state index in [1.54, 1.807) is 20.3 Å². The van der Waals surface area contributed by atoms with E-state index in [9.17, 15) is 9.18 Å². The third kappa shape index (κ3) is 3.79. The van der Waals surface area contributed by atoms with Crippen LogP contribution in [0.4, 0.5) is 4.39 Å². The van der Waals surface area contributed by atoms with Gasteiger partial charge in [0.25, 0.3) is 5.91 Å². The van der Waals surface area contributed by atoms with E-state index >= 15 is 0 Å². The molecule has 0 unspecified atom stereocenters. The summed E-state index contributed by atoms with van der Waals surface area (Å²) in [4.78, 5) is 12.3. The van der Waals surface area contributed by atoms with Crippen LogP contribution in [0.2, 0.25) is 5.02 Å². The van der Waals surface area contributed by atoms with E-state index in [4.69, 9.17) is 21.1 Å². The molecule has 2 aromatic carbocycles. The first-order chi connectivity index (χ1) is 11.4. The molecule has 0 aliphatic rings. The molecular weight excluding hydrogens is 333 g/mol. The van der Waals surface area contributed by atoms with Crippen molar-refractivity contribution in [2.75, 3.05) is 14.2 Å². The molecule has 1 N–H and O–H groups in total. The molecule has 0 radical (unpaired) electrons. The fourth-order valence-electron chi connectivity index (χ4n) is 2.49. The number of rotatable bonds is 5. The lowest BCUT2D eigenvalue weighted by molar-refractivity contribution is 0.0935. The van der Waals surface area contributed by atoms with E-state index < -0.39 is 11.7 Å². The zero-order valence-corrected chi connectivity index (χ0v) is 14.7. The number of halogens is 2. The minimum Gasteiger partial charge on any atom is -0.493 e. The summed E-state index contributed by atoms with van der Waals surface area (Å²) in [6.07, 6.45) is 0. The van der Waals surface area contributed by atoms with Crippen LogP contribution in [0.1, 0.15) is 34.5 Å². The molecule has 0 saturated heterocycles. The van der Waals surface area contributed by atoms with Crippen molar-refractivity contribution < 1.29 is 18.7 Å². The van der Waals surface area contributed by atoms with Gasteiger partial charge in [0.2, 0.25) is 0 Å². The predicted octanol–water partition coefficient (Wildman–Crippen LogP) is 4.30. The van der Waals surface area contributed by atoms with Crippen LogP contribution >= 0.6 is 11.6 Å². The lowest BCUT2D eigenvalue weighted by Crippen LogP contribution is -2.28. The number of benzene rings is 2. The average Bonchev–Trinajstić information content (AvgIpc) is 2.54. The van der Waals surface area contributed by atoms with E-state index in [2.05, 4.69) is 5.32 Å². The second-order valence-corrected chi connectivity index (χ2v) is 5.82. The molecule has 2 aromatic rings. The molecule has 0 spiro atoms. The molecule has 0 bridgehead atoms. The van der Waals surface area contributed by atoms with Crippen molar-refractivity contribution >= 4 is 17.5 Å². The van der Waals surface area contributed by atoms with Crippen LogP contribution in [0.5, 0.6) is 11.5 Å². The van der Waals surface area contributed by atoms with Gasteiger partial charge in [0.05, 0.1) is 25.8 Å². The molecule has 128 valence electrons. The molecule has 0 heterocycles. The maximum Gasteiger partial charge on any atom is 0.254 e. The minimum atomic E-state index is -0.656. The Balaban J connectivity index is 2.26. The molecule has 1 amide bonds. The van der Waals surface area contributed by atoms with E-state index in [0.717, 1.165) is 17.2 Å². The highest BCUT2D eigenvalue weighted by Gasteiger charge is 2.18. The van der Waals surface area contributed by atoms with Gasteiger partial charge in [-0.15, -0.1) is 0 Å². The number of aryl methyl sites for hydroxylation is 1. The maximum atomic E-state index is 13.9. The molecule has 6 heteroatoms. The van der Waals surface area contributed by atoms with E-state index in [0.29, 0.717) is 11.5 Å². The summed E-state index contributed by atoms with van der Waals surface area (Å²) in [5.41, 5.74) is 1.73. The second-order valence-electron chi connectivity index (χ2n) is 5.38. The van der Waals surface area contributed by atoms with Crippen LogP contribution in [0.15, 0.2) is 30.3 Å². The van der Waals surface area contributed by atoms with E-state index in [1.807, 2.05) is 19.9 Å². The quantitative estimate of drug-likeness (QED) is 0.873. The number of hydrogen-bond acceptors (Lipinski definition) is 3. The molecule has 4 nitrogen and oxygen atoms in total. The summed E-state index contributed by atoms with van der Waals surface area (Å²) < 4.78 is 24.4. The Morgan fingerprint density at radius 3 is 2.38 bits per heavy atom. The van der Waals surface area contributed by atoms with Crippen molar-refractivity contribution in [1.29, 1.82) is 0 Å². The standard InChI is InChI=1S/C18H19ClFNO3/c1-10-7-16(23-3)17(24-4)9-14(10)11(2)21-18(22)13-6-5-12(19)8-15(13)20/h5-9,11H,1-4H3,(H,21,22)/t11-/m0/s1. The van der Waals surface area contributed by atoms with Crippen molar-refractivity contribution in [3.63, 3.8) is 0 Å². The fraction of sp³-hybridized carbons (Fsp3) is 0.278. The molecule has 0 aromatic heterocycles. The smallest absolute Gasteiger partial charge is 0.254 e. The Bertz CT molecular complexity index is 764. The number of hydrogen-bond donors (Lipinski definition) is 1. The largest absolute Gasteiger partial charge is 0.493 e. The van der Waals surface area contributed by atoms with Gasteiger partial charge in [-0.05, 0) is 55.3 Å². The highest BCUT2D eigenvalue weighted by Crippen LogP contribution is 2.33. The second kappa shape index (κ2) is 7.53. The van der Waals surface area contributed by atoms with Crippen molar-refractivity contribution in [3.05, 3.63) is 57.9 Å². The Morgan fingerprint density at radius 2 is 1.79 bits per heavy atom. The highest BCUT2D eigenvalue weighted by molar-refractivity contribution is 6.30. The number of carbonyl (C=O) groups excluding carboxylic acids is 1. The highest BCUT2D eigenvalue weighted by atomic mass is 35.5. The third-order valence-electron chi connectivity index (χ3n) is 3.76. The van der Waals surface area contributed by atoms with Crippen LogP contribution in [0.3, 0.4) is 0 Å². The summed E-state index contributed by atoms with van der Waals surface area (Å²) >= 11 is 5.71. The van der Waals surface area contributed by atoms with Crippen molar-refractivity contribution in [2.24, 2.45) is 0 Å². The van der Waals surface area contributed by atoms with Gasteiger partial charge in [-0.25, -0.2) is 4.39 Å². The predicted molar refractivity (Wildman–Crippen MR) is 91.6 cm³/mol. The van der Waals surface area contributed by atoms with Crippen LogP contribution < -0.4 is 14.8 Å². The lowest BCUT2D eigenvalue weighted by atomic mass is 10.0. The first kappa shape index (κ1) is 18.1. The lowest BCUT2D eigenvalue weighted by Gasteiger charge is -2.19. The monoisotopic (exact) mass is 351 g/mol. The van der Waals surface area contributed by atoms with Gasteiger partial charge in [-0.1, -0.05) is 11.6 Å². The molecular formula is C18H19ClFNO3. The van der Waals surface area contributed by atoms with E-state index in [-0.39, 0.29) is 16.6 Å². The minimum absolute atomic E-state index is 0.0515. The number of amides is 1. The van der Waals surface area contributed by atoms with Crippen LogP contribution in [-0.2, 0) is 0 Å². The van der Waals surface area contributed by atoms with Crippen molar-refractivity contribution in [3.8, 4) is 11.5 Å². The molecule has 0 fully saturated rings. The summed E-state index contributed by atoms with van der Waals surface area (Å²) in [5.74, 6) is 0.0139.